The first-order valence-corrected chi connectivity index (χ1v) is 11.0. The van der Waals surface area contributed by atoms with Crippen LogP contribution in [0.5, 0.6) is 0 Å². The number of anilines is 1. The van der Waals surface area contributed by atoms with Crippen LogP contribution < -0.4 is 16.4 Å². The molecule has 4 N–H and O–H groups in total. The summed E-state index contributed by atoms with van der Waals surface area (Å²) in [4.78, 5) is 31.7. The van der Waals surface area contributed by atoms with Crippen molar-refractivity contribution in [3.63, 3.8) is 0 Å². The van der Waals surface area contributed by atoms with E-state index in [1.807, 2.05) is 61.5 Å². The number of hydrogen-bond acceptors (Lipinski definition) is 5. The van der Waals surface area contributed by atoms with Crippen LogP contribution >= 0.6 is 0 Å². The van der Waals surface area contributed by atoms with E-state index in [-0.39, 0.29) is 17.9 Å². The molecule has 7 heteroatoms. The third-order valence-electron chi connectivity index (χ3n) is 5.99. The summed E-state index contributed by atoms with van der Waals surface area (Å²) in [5, 5.41) is 8.16. The molecule has 1 fully saturated rings. The molecule has 2 aromatic carbocycles. The Morgan fingerprint density at radius 2 is 1.94 bits per heavy atom. The maximum Gasteiger partial charge on any atom is 0.243 e. The maximum atomic E-state index is 13.0. The summed E-state index contributed by atoms with van der Waals surface area (Å²) in [6.07, 6.45) is 3.19. The van der Waals surface area contributed by atoms with Gasteiger partial charge in [-0.05, 0) is 48.4 Å². The molecule has 1 aliphatic heterocycles. The standard InChI is InChI=1S/C25H29N5O2/c1-17(28-15-18-6-3-2-4-7-18)25(32)30-13-5-8-22(30)24(31)29-16-19-9-10-21-20(14-19)11-12-27-23(21)26/h2-4,6-7,9-12,14,17,22,28H,5,8,13,15-16H2,1H3,(H2,26,27)(H,29,31)/t17-,22-/m0/s1. The predicted molar refractivity (Wildman–Crippen MR) is 125 cm³/mol. The fourth-order valence-corrected chi connectivity index (χ4v) is 4.17. The molecule has 0 aliphatic carbocycles. The van der Waals surface area contributed by atoms with Gasteiger partial charge in [-0.1, -0.05) is 42.5 Å². The van der Waals surface area contributed by atoms with E-state index < -0.39 is 6.04 Å². The predicted octanol–water partition coefficient (Wildman–Crippen LogP) is 2.60. The summed E-state index contributed by atoms with van der Waals surface area (Å²) in [5.74, 6) is 0.348. The lowest BCUT2D eigenvalue weighted by atomic mass is 10.1. The van der Waals surface area contributed by atoms with Gasteiger partial charge in [-0.25, -0.2) is 4.98 Å². The Morgan fingerprint density at radius 1 is 1.12 bits per heavy atom. The van der Waals surface area contributed by atoms with E-state index >= 15 is 0 Å². The first kappa shape index (κ1) is 21.8. The molecule has 2 amide bonds. The largest absolute Gasteiger partial charge is 0.383 e. The minimum Gasteiger partial charge on any atom is -0.383 e. The van der Waals surface area contributed by atoms with Crippen molar-refractivity contribution >= 4 is 28.4 Å². The molecule has 1 aromatic heterocycles. The third kappa shape index (κ3) is 4.89. The van der Waals surface area contributed by atoms with Gasteiger partial charge in [-0.3, -0.25) is 9.59 Å². The summed E-state index contributed by atoms with van der Waals surface area (Å²) >= 11 is 0. The molecule has 166 valence electrons. The lowest BCUT2D eigenvalue weighted by molar-refractivity contribution is -0.139. The normalized spacial score (nSPS) is 16.8. The fraction of sp³-hybridized carbons (Fsp3) is 0.320. The Kier molecular flexibility index (Phi) is 6.66. The van der Waals surface area contributed by atoms with Crippen molar-refractivity contribution in [2.45, 2.75) is 44.9 Å². The number of hydrogen-bond donors (Lipinski definition) is 3. The van der Waals surface area contributed by atoms with Crippen LogP contribution in [0, 0.1) is 0 Å². The van der Waals surface area contributed by atoms with Gasteiger partial charge in [-0.2, -0.15) is 0 Å². The van der Waals surface area contributed by atoms with Crippen molar-refractivity contribution in [3.05, 3.63) is 71.9 Å². The Balaban J connectivity index is 1.34. The highest BCUT2D eigenvalue weighted by Gasteiger charge is 2.35. The monoisotopic (exact) mass is 431 g/mol. The van der Waals surface area contributed by atoms with E-state index in [1.165, 1.54) is 0 Å². The molecular formula is C25H29N5O2. The number of amides is 2. The number of aromatic nitrogens is 1. The second kappa shape index (κ2) is 9.78. The lowest BCUT2D eigenvalue weighted by Crippen LogP contribution is -2.51. The van der Waals surface area contributed by atoms with E-state index in [9.17, 15) is 9.59 Å². The van der Waals surface area contributed by atoms with Crippen molar-refractivity contribution in [2.75, 3.05) is 12.3 Å². The molecule has 4 rings (SSSR count). The highest BCUT2D eigenvalue weighted by atomic mass is 16.2. The van der Waals surface area contributed by atoms with E-state index in [0.29, 0.717) is 31.9 Å². The quantitative estimate of drug-likeness (QED) is 0.534. The second-order valence-electron chi connectivity index (χ2n) is 8.25. The van der Waals surface area contributed by atoms with Gasteiger partial charge in [0.15, 0.2) is 0 Å². The third-order valence-corrected chi connectivity index (χ3v) is 5.99. The van der Waals surface area contributed by atoms with E-state index in [2.05, 4.69) is 15.6 Å². The molecule has 0 bridgehead atoms. The molecule has 2 atom stereocenters. The van der Waals surface area contributed by atoms with Crippen LogP contribution in [0.3, 0.4) is 0 Å². The van der Waals surface area contributed by atoms with Crippen LogP contribution in [-0.2, 0) is 22.7 Å². The summed E-state index contributed by atoms with van der Waals surface area (Å²) < 4.78 is 0. The Morgan fingerprint density at radius 3 is 2.75 bits per heavy atom. The van der Waals surface area contributed by atoms with Crippen molar-refractivity contribution in [1.82, 2.24) is 20.5 Å². The van der Waals surface area contributed by atoms with Crippen molar-refractivity contribution in [3.8, 4) is 0 Å². The number of rotatable bonds is 7. The van der Waals surface area contributed by atoms with Gasteiger partial charge in [-0.15, -0.1) is 0 Å². The summed E-state index contributed by atoms with van der Waals surface area (Å²) in [5.41, 5.74) is 8.01. The fourth-order valence-electron chi connectivity index (χ4n) is 4.17. The highest BCUT2D eigenvalue weighted by molar-refractivity contribution is 5.92. The zero-order chi connectivity index (χ0) is 22.5. The number of nitrogen functional groups attached to an aromatic ring is 1. The van der Waals surface area contributed by atoms with Crippen LogP contribution in [0.1, 0.15) is 30.9 Å². The summed E-state index contributed by atoms with van der Waals surface area (Å²) in [6, 6.07) is 16.9. The van der Waals surface area contributed by atoms with Gasteiger partial charge in [0.1, 0.15) is 11.9 Å². The van der Waals surface area contributed by atoms with E-state index in [4.69, 9.17) is 5.73 Å². The van der Waals surface area contributed by atoms with Gasteiger partial charge in [0.2, 0.25) is 11.8 Å². The summed E-state index contributed by atoms with van der Waals surface area (Å²) in [7, 11) is 0. The number of carbonyl (C=O) groups excluding carboxylic acids is 2. The molecule has 0 spiro atoms. The minimum atomic E-state index is -0.427. The van der Waals surface area contributed by atoms with Crippen molar-refractivity contribution in [1.29, 1.82) is 0 Å². The average Bonchev–Trinajstić information content (AvgIpc) is 3.31. The van der Waals surface area contributed by atoms with Crippen molar-refractivity contribution < 1.29 is 9.59 Å². The number of fused-ring (bicyclic) bond motifs is 1. The number of likely N-dealkylation sites (tertiary alicyclic amines) is 1. The highest BCUT2D eigenvalue weighted by Crippen LogP contribution is 2.21. The van der Waals surface area contributed by atoms with E-state index in [0.717, 1.165) is 28.3 Å². The topological polar surface area (TPSA) is 100 Å². The Hall–Kier alpha value is -3.45. The number of nitrogens with one attached hydrogen (secondary N) is 2. The van der Waals surface area contributed by atoms with Crippen LogP contribution in [0.15, 0.2) is 60.8 Å². The SMILES string of the molecule is C[C@H](NCc1ccccc1)C(=O)N1CCC[C@H]1C(=O)NCc1ccc2c(N)nccc2c1. The number of carbonyl (C=O) groups is 2. The molecule has 2 heterocycles. The summed E-state index contributed by atoms with van der Waals surface area (Å²) in [6.45, 7) is 3.47. The first-order valence-electron chi connectivity index (χ1n) is 11.0. The van der Waals surface area contributed by atoms with Crippen LogP contribution in [0.25, 0.3) is 10.8 Å². The zero-order valence-corrected chi connectivity index (χ0v) is 18.3. The molecule has 32 heavy (non-hydrogen) atoms. The second-order valence-corrected chi connectivity index (χ2v) is 8.25. The smallest absolute Gasteiger partial charge is 0.243 e. The van der Waals surface area contributed by atoms with Crippen LogP contribution in [-0.4, -0.2) is 40.3 Å². The molecule has 3 aromatic rings. The van der Waals surface area contributed by atoms with E-state index in [1.54, 1.807) is 11.1 Å². The van der Waals surface area contributed by atoms with Crippen molar-refractivity contribution in [2.24, 2.45) is 0 Å². The van der Waals surface area contributed by atoms with Gasteiger partial charge in [0.25, 0.3) is 0 Å². The average molecular weight is 432 g/mol. The zero-order valence-electron chi connectivity index (χ0n) is 18.3. The number of pyridine rings is 1. The molecule has 1 saturated heterocycles. The Labute approximate surface area is 188 Å². The number of nitrogens with zero attached hydrogens (tertiary/aromatic N) is 2. The molecular weight excluding hydrogens is 402 g/mol. The van der Waals surface area contributed by atoms with Gasteiger partial charge in [0.05, 0.1) is 6.04 Å². The number of benzene rings is 2. The molecule has 0 saturated carbocycles. The minimum absolute atomic E-state index is 0.0349. The maximum absolute atomic E-state index is 13.0. The number of nitrogens with two attached hydrogens (primary N) is 1. The van der Waals surface area contributed by atoms with Crippen LogP contribution in [0.4, 0.5) is 5.82 Å². The Bertz CT molecular complexity index is 1100. The molecule has 1 aliphatic rings. The van der Waals surface area contributed by atoms with Gasteiger partial charge in [0, 0.05) is 31.2 Å². The van der Waals surface area contributed by atoms with Gasteiger partial charge < -0.3 is 21.3 Å². The molecule has 7 nitrogen and oxygen atoms in total. The lowest BCUT2D eigenvalue weighted by Gasteiger charge is -2.27. The van der Waals surface area contributed by atoms with Crippen LogP contribution in [0.2, 0.25) is 0 Å². The first-order chi connectivity index (χ1) is 15.5. The molecule has 0 radical (unpaired) electrons. The molecule has 0 unspecified atom stereocenters. The van der Waals surface area contributed by atoms with Gasteiger partial charge >= 0.3 is 0 Å².